The van der Waals surface area contributed by atoms with Crippen LogP contribution in [0.15, 0.2) is 24.4 Å². The largest absolute Gasteiger partial charge is 0.355 e. The molecule has 1 saturated heterocycles. The fraction of sp³-hybridized carbons (Fsp3) is 0.450. The number of Topliss-reactive ketones (excluding diaryl/α,β-unsaturated/α-hetero) is 2. The quantitative estimate of drug-likeness (QED) is 0.772. The van der Waals surface area contributed by atoms with Gasteiger partial charge in [0.1, 0.15) is 26.2 Å². The Labute approximate surface area is 154 Å². The first-order valence-electron chi connectivity index (χ1n) is 9.20. The van der Waals surface area contributed by atoms with Gasteiger partial charge >= 0.3 is 0 Å². The molecule has 2 aromatic rings. The van der Waals surface area contributed by atoms with Gasteiger partial charge in [0, 0.05) is 17.3 Å². The molecule has 0 radical (unpaired) electrons. The second-order valence-electron chi connectivity index (χ2n) is 7.16. The third-order valence-corrected chi connectivity index (χ3v) is 5.48. The highest BCUT2D eigenvalue weighted by molar-refractivity contribution is 6.04. The van der Waals surface area contributed by atoms with Gasteiger partial charge in [-0.1, -0.05) is 6.07 Å². The Hall–Kier alpha value is -2.47. The highest BCUT2D eigenvalue weighted by Gasteiger charge is 2.34. The summed E-state index contributed by atoms with van der Waals surface area (Å²) in [4.78, 5) is 34.9. The zero-order valence-corrected chi connectivity index (χ0v) is 16.0. The number of aryl methyl sites for hydroxylation is 1. The SMILES string of the molecule is CC(=O)c1c(C)[nH]c(C(=O)[C@@H](C)[NH+]2CCN(c3cccc[nH+]3)CC2)c1C. The first kappa shape index (κ1) is 18.3. The topological polar surface area (TPSA) is 71.8 Å². The smallest absolute Gasteiger partial charge is 0.274 e. The van der Waals surface area contributed by atoms with Crippen LogP contribution in [0.1, 0.15) is 46.0 Å². The van der Waals surface area contributed by atoms with E-state index in [1.165, 1.54) is 4.90 Å². The minimum absolute atomic E-state index is 0.00280. The maximum Gasteiger partial charge on any atom is 0.274 e. The second kappa shape index (κ2) is 7.41. The molecule has 138 valence electrons. The van der Waals surface area contributed by atoms with Gasteiger partial charge in [-0.25, -0.2) is 4.98 Å². The lowest BCUT2D eigenvalue weighted by molar-refractivity contribution is -0.914. The molecular formula is C20H28N4O2+2. The molecule has 6 nitrogen and oxygen atoms in total. The maximum atomic E-state index is 13.0. The summed E-state index contributed by atoms with van der Waals surface area (Å²) >= 11 is 0. The van der Waals surface area contributed by atoms with Crippen molar-refractivity contribution in [3.63, 3.8) is 0 Å². The minimum atomic E-state index is -0.131. The normalized spacial score (nSPS) is 16.5. The van der Waals surface area contributed by atoms with Crippen LogP contribution in [0.2, 0.25) is 0 Å². The van der Waals surface area contributed by atoms with E-state index in [4.69, 9.17) is 0 Å². The van der Waals surface area contributed by atoms with Crippen LogP contribution in [-0.2, 0) is 0 Å². The molecule has 0 aromatic carbocycles. The molecule has 2 aromatic heterocycles. The number of rotatable bonds is 5. The lowest BCUT2D eigenvalue weighted by atomic mass is 10.0. The molecule has 0 bridgehead atoms. The summed E-state index contributed by atoms with van der Waals surface area (Å²) in [6, 6.07) is 5.95. The zero-order chi connectivity index (χ0) is 18.8. The number of ketones is 2. The van der Waals surface area contributed by atoms with Crippen molar-refractivity contribution in [2.75, 3.05) is 31.1 Å². The Morgan fingerprint density at radius 3 is 2.46 bits per heavy atom. The molecule has 0 saturated carbocycles. The molecule has 0 aliphatic carbocycles. The van der Waals surface area contributed by atoms with Crippen molar-refractivity contribution in [3.05, 3.63) is 46.9 Å². The van der Waals surface area contributed by atoms with Crippen molar-refractivity contribution >= 4 is 17.4 Å². The lowest BCUT2D eigenvalue weighted by Crippen LogP contribution is -3.18. The van der Waals surface area contributed by atoms with E-state index in [0.29, 0.717) is 11.3 Å². The Kier molecular flexibility index (Phi) is 5.23. The number of H-pyrrole nitrogens is 2. The fourth-order valence-corrected chi connectivity index (χ4v) is 3.97. The van der Waals surface area contributed by atoms with Gasteiger partial charge in [-0.15, -0.1) is 0 Å². The van der Waals surface area contributed by atoms with Crippen LogP contribution < -0.4 is 14.8 Å². The van der Waals surface area contributed by atoms with Crippen LogP contribution in [-0.4, -0.2) is 48.8 Å². The molecule has 1 aliphatic heterocycles. The molecule has 0 amide bonds. The van der Waals surface area contributed by atoms with Crippen molar-refractivity contribution in [1.82, 2.24) is 4.98 Å². The number of carbonyl (C=O) groups excluding carboxylic acids is 2. The molecule has 0 unspecified atom stereocenters. The molecule has 26 heavy (non-hydrogen) atoms. The number of nitrogens with one attached hydrogen (secondary N) is 3. The third kappa shape index (κ3) is 3.42. The highest BCUT2D eigenvalue weighted by atomic mass is 16.1. The Morgan fingerprint density at radius 2 is 1.92 bits per heavy atom. The molecule has 0 spiro atoms. The molecule has 3 rings (SSSR count). The molecule has 6 heteroatoms. The molecule has 3 N–H and O–H groups in total. The van der Waals surface area contributed by atoms with Gasteiger partial charge in [0.15, 0.2) is 11.8 Å². The first-order valence-corrected chi connectivity index (χ1v) is 9.20. The molecule has 1 atom stereocenters. The van der Waals surface area contributed by atoms with Crippen molar-refractivity contribution in [3.8, 4) is 0 Å². The molecular weight excluding hydrogens is 328 g/mol. The van der Waals surface area contributed by atoms with E-state index in [1.54, 1.807) is 6.92 Å². The minimum Gasteiger partial charge on any atom is -0.355 e. The number of hydrogen-bond donors (Lipinski definition) is 2. The van der Waals surface area contributed by atoms with Gasteiger partial charge in [0.25, 0.3) is 5.82 Å². The summed E-state index contributed by atoms with van der Waals surface area (Å²) in [6.07, 6.45) is 1.93. The maximum absolute atomic E-state index is 13.0. The van der Waals surface area contributed by atoms with Gasteiger partial charge in [-0.2, -0.15) is 0 Å². The lowest BCUT2D eigenvalue weighted by Gasteiger charge is -2.31. The number of nitrogens with zero attached hydrogens (tertiary/aromatic N) is 1. The number of quaternary nitrogens is 1. The van der Waals surface area contributed by atoms with Crippen molar-refractivity contribution in [2.45, 2.75) is 33.7 Å². The second-order valence-corrected chi connectivity index (χ2v) is 7.16. The fourth-order valence-electron chi connectivity index (χ4n) is 3.97. The summed E-state index contributed by atoms with van der Waals surface area (Å²) in [5, 5.41) is 0. The van der Waals surface area contributed by atoms with E-state index in [1.807, 2.05) is 39.1 Å². The number of piperazine rings is 1. The van der Waals surface area contributed by atoms with E-state index in [2.05, 4.69) is 20.9 Å². The Bertz CT molecular complexity index is 805. The molecule has 1 fully saturated rings. The van der Waals surface area contributed by atoms with Gasteiger partial charge in [0.05, 0.1) is 11.9 Å². The zero-order valence-electron chi connectivity index (χ0n) is 16.0. The summed E-state index contributed by atoms with van der Waals surface area (Å²) in [6.45, 7) is 10.9. The first-order chi connectivity index (χ1) is 12.4. The summed E-state index contributed by atoms with van der Waals surface area (Å²) in [7, 11) is 0. The predicted octanol–water partition coefficient (Wildman–Crippen LogP) is 0.625. The summed E-state index contributed by atoms with van der Waals surface area (Å²) in [5.74, 6) is 1.21. The van der Waals surface area contributed by atoms with E-state index in [-0.39, 0.29) is 17.6 Å². The van der Waals surface area contributed by atoms with Crippen LogP contribution >= 0.6 is 0 Å². The van der Waals surface area contributed by atoms with E-state index in [0.717, 1.165) is 43.3 Å². The van der Waals surface area contributed by atoms with Crippen LogP contribution in [0.25, 0.3) is 0 Å². The summed E-state index contributed by atoms with van der Waals surface area (Å²) < 4.78 is 0. The number of pyridine rings is 1. The van der Waals surface area contributed by atoms with Gasteiger partial charge in [-0.3, -0.25) is 14.5 Å². The highest BCUT2D eigenvalue weighted by Crippen LogP contribution is 2.19. The van der Waals surface area contributed by atoms with Crippen molar-refractivity contribution in [1.29, 1.82) is 0 Å². The third-order valence-electron chi connectivity index (χ3n) is 5.48. The number of carbonyl (C=O) groups is 2. The Morgan fingerprint density at radius 1 is 1.23 bits per heavy atom. The van der Waals surface area contributed by atoms with E-state index < -0.39 is 0 Å². The predicted molar refractivity (Wildman–Crippen MR) is 100.0 cm³/mol. The number of hydrogen-bond acceptors (Lipinski definition) is 3. The number of anilines is 1. The van der Waals surface area contributed by atoms with Gasteiger partial charge in [0.2, 0.25) is 5.78 Å². The molecule has 3 heterocycles. The van der Waals surface area contributed by atoms with Crippen molar-refractivity contribution in [2.24, 2.45) is 0 Å². The van der Waals surface area contributed by atoms with Crippen LogP contribution in [0, 0.1) is 13.8 Å². The Balaban J connectivity index is 1.69. The molecule has 1 aliphatic rings. The summed E-state index contributed by atoms with van der Waals surface area (Å²) in [5.41, 5.74) is 2.81. The van der Waals surface area contributed by atoms with Crippen molar-refractivity contribution < 1.29 is 19.5 Å². The van der Waals surface area contributed by atoms with Crippen LogP contribution in [0.3, 0.4) is 0 Å². The number of aromatic amines is 2. The van der Waals surface area contributed by atoms with Gasteiger partial charge < -0.3 is 9.88 Å². The standard InChI is InChI=1S/C20H26N4O2/c1-13-18(16(4)25)14(2)22-19(13)20(26)15(3)23-9-11-24(12-10-23)17-7-5-6-8-21-17/h5-8,15,22H,9-12H2,1-4H3/p+2/t15-/m1/s1. The van der Waals surface area contributed by atoms with Crippen LogP contribution in [0.4, 0.5) is 5.82 Å². The average molecular weight is 356 g/mol. The average Bonchev–Trinajstić information content (AvgIpc) is 2.95. The van der Waals surface area contributed by atoms with Gasteiger partial charge in [-0.05, 0) is 39.3 Å². The van der Waals surface area contributed by atoms with E-state index >= 15 is 0 Å². The number of aromatic nitrogens is 2. The van der Waals surface area contributed by atoms with Crippen LogP contribution in [0.5, 0.6) is 0 Å². The van der Waals surface area contributed by atoms with E-state index in [9.17, 15) is 9.59 Å². The monoisotopic (exact) mass is 356 g/mol.